The summed E-state index contributed by atoms with van der Waals surface area (Å²) in [7, 11) is 0. The lowest BCUT2D eigenvalue weighted by molar-refractivity contribution is -0.154. The van der Waals surface area contributed by atoms with Gasteiger partial charge in [-0.1, -0.05) is 6.92 Å². The van der Waals surface area contributed by atoms with E-state index in [4.69, 9.17) is 15.2 Å². The lowest BCUT2D eigenvalue weighted by atomic mass is 9.88. The van der Waals surface area contributed by atoms with Crippen molar-refractivity contribution in [1.82, 2.24) is 0 Å². The smallest absolute Gasteiger partial charge is 0.328 e. The first kappa shape index (κ1) is 14.8. The molecule has 0 aliphatic heterocycles. The molecule has 2 fully saturated rings. The van der Waals surface area contributed by atoms with Gasteiger partial charge in [-0.2, -0.15) is 0 Å². The normalized spacial score (nSPS) is 30.7. The van der Waals surface area contributed by atoms with Crippen LogP contribution in [0.2, 0.25) is 0 Å². The third-order valence-corrected chi connectivity index (χ3v) is 4.48. The van der Waals surface area contributed by atoms with Gasteiger partial charge >= 0.3 is 5.97 Å². The van der Waals surface area contributed by atoms with E-state index in [1.165, 1.54) is 12.8 Å². The Bertz CT molecular complexity index is 309. The van der Waals surface area contributed by atoms with E-state index in [0.717, 1.165) is 31.6 Å². The Labute approximate surface area is 116 Å². The predicted molar refractivity (Wildman–Crippen MR) is 73.6 cm³/mol. The Morgan fingerprint density at radius 3 is 2.37 bits per heavy atom. The minimum Gasteiger partial charge on any atom is -0.465 e. The number of hydrogen-bond acceptors (Lipinski definition) is 4. The summed E-state index contributed by atoms with van der Waals surface area (Å²) in [6, 6.07) is 0. The average Bonchev–Trinajstić information content (AvgIpc) is 3.22. The minimum absolute atomic E-state index is 0.245. The minimum atomic E-state index is -0.918. The first-order valence-corrected chi connectivity index (χ1v) is 7.64. The summed E-state index contributed by atoms with van der Waals surface area (Å²) in [6.45, 7) is 4.79. The van der Waals surface area contributed by atoms with Crippen LogP contribution < -0.4 is 5.73 Å². The molecular weight excluding hydrogens is 242 g/mol. The maximum atomic E-state index is 12.0. The monoisotopic (exact) mass is 269 g/mol. The second kappa shape index (κ2) is 6.23. The van der Waals surface area contributed by atoms with E-state index in [0.29, 0.717) is 13.2 Å². The zero-order valence-corrected chi connectivity index (χ0v) is 12.2. The van der Waals surface area contributed by atoms with E-state index in [2.05, 4.69) is 6.92 Å². The first-order valence-electron chi connectivity index (χ1n) is 7.64. The van der Waals surface area contributed by atoms with Gasteiger partial charge < -0.3 is 15.2 Å². The van der Waals surface area contributed by atoms with Crippen molar-refractivity contribution in [3.05, 3.63) is 0 Å². The zero-order valence-electron chi connectivity index (χ0n) is 12.2. The van der Waals surface area contributed by atoms with Crippen LogP contribution in [0.5, 0.6) is 0 Å². The van der Waals surface area contributed by atoms with E-state index in [1.807, 2.05) is 6.92 Å². The van der Waals surface area contributed by atoms with Crippen molar-refractivity contribution in [1.29, 1.82) is 0 Å². The second-order valence-electron chi connectivity index (χ2n) is 6.23. The maximum Gasteiger partial charge on any atom is 0.328 e. The molecule has 4 heteroatoms. The summed E-state index contributed by atoms with van der Waals surface area (Å²) >= 11 is 0. The van der Waals surface area contributed by atoms with Crippen LogP contribution in [-0.2, 0) is 14.3 Å². The van der Waals surface area contributed by atoms with Gasteiger partial charge in [0, 0.05) is 0 Å². The maximum absolute atomic E-state index is 12.0. The number of nitrogens with two attached hydrogens (primary N) is 1. The van der Waals surface area contributed by atoms with Crippen LogP contribution in [-0.4, -0.2) is 30.8 Å². The van der Waals surface area contributed by atoms with Crippen LogP contribution in [0, 0.1) is 11.8 Å². The zero-order chi connectivity index (χ0) is 13.9. The van der Waals surface area contributed by atoms with Gasteiger partial charge in [-0.3, -0.25) is 0 Å². The van der Waals surface area contributed by atoms with Crippen LogP contribution >= 0.6 is 0 Å². The third kappa shape index (κ3) is 3.69. The SMILES string of the molecule is CCOC(=O)C(N)(COC1CCC(C)CC1)C1CC1. The Morgan fingerprint density at radius 2 is 1.84 bits per heavy atom. The van der Waals surface area contributed by atoms with Crippen LogP contribution in [0.4, 0.5) is 0 Å². The molecule has 19 heavy (non-hydrogen) atoms. The molecule has 2 aliphatic rings. The van der Waals surface area contributed by atoms with Gasteiger partial charge in [0.25, 0.3) is 0 Å². The summed E-state index contributed by atoms with van der Waals surface area (Å²) in [4.78, 5) is 12.0. The van der Waals surface area contributed by atoms with Gasteiger partial charge in [-0.15, -0.1) is 0 Å². The molecule has 0 aromatic rings. The topological polar surface area (TPSA) is 61.5 Å². The van der Waals surface area contributed by atoms with Gasteiger partial charge in [0.15, 0.2) is 0 Å². The summed E-state index contributed by atoms with van der Waals surface area (Å²) in [5, 5.41) is 0. The van der Waals surface area contributed by atoms with E-state index in [1.54, 1.807) is 0 Å². The van der Waals surface area contributed by atoms with Gasteiger partial charge in [0.2, 0.25) is 0 Å². The van der Waals surface area contributed by atoms with E-state index >= 15 is 0 Å². The Hall–Kier alpha value is -0.610. The molecule has 2 N–H and O–H groups in total. The lowest BCUT2D eigenvalue weighted by Gasteiger charge is -2.31. The highest BCUT2D eigenvalue weighted by Gasteiger charge is 2.49. The highest BCUT2D eigenvalue weighted by Crippen LogP contribution is 2.39. The second-order valence-corrected chi connectivity index (χ2v) is 6.23. The lowest BCUT2D eigenvalue weighted by Crippen LogP contribution is -2.55. The van der Waals surface area contributed by atoms with Crippen LogP contribution in [0.1, 0.15) is 52.4 Å². The van der Waals surface area contributed by atoms with Crippen LogP contribution in [0.3, 0.4) is 0 Å². The largest absolute Gasteiger partial charge is 0.465 e. The first-order chi connectivity index (χ1) is 9.06. The van der Waals surface area contributed by atoms with Crippen LogP contribution in [0.25, 0.3) is 0 Å². The summed E-state index contributed by atoms with van der Waals surface area (Å²) in [5.41, 5.74) is 5.36. The molecule has 0 spiro atoms. The van der Waals surface area contributed by atoms with Crippen molar-refractivity contribution < 1.29 is 14.3 Å². The Balaban J connectivity index is 1.85. The van der Waals surface area contributed by atoms with Crippen molar-refractivity contribution in [2.24, 2.45) is 17.6 Å². The molecule has 0 aromatic carbocycles. The number of carbonyl (C=O) groups excluding carboxylic acids is 1. The highest BCUT2D eigenvalue weighted by atomic mass is 16.5. The molecule has 2 saturated carbocycles. The standard InChI is InChI=1S/C15H27NO3/c1-3-18-14(17)15(16,12-6-7-12)10-19-13-8-4-11(2)5-9-13/h11-13H,3-10,16H2,1-2H3. The number of rotatable bonds is 6. The molecule has 0 amide bonds. The summed E-state index contributed by atoms with van der Waals surface area (Å²) in [6.07, 6.45) is 6.90. The quantitative estimate of drug-likeness (QED) is 0.751. The summed E-state index contributed by atoms with van der Waals surface area (Å²) in [5.74, 6) is 0.756. The number of ether oxygens (including phenoxy) is 2. The predicted octanol–water partition coefficient (Wildman–Crippen LogP) is 2.25. The van der Waals surface area contributed by atoms with Crippen molar-refractivity contribution in [3.8, 4) is 0 Å². The number of carbonyl (C=O) groups is 1. The molecule has 1 atom stereocenters. The van der Waals surface area contributed by atoms with E-state index in [9.17, 15) is 4.79 Å². The molecule has 110 valence electrons. The Kier molecular flexibility index (Phi) is 4.85. The average molecular weight is 269 g/mol. The molecule has 0 bridgehead atoms. The molecule has 0 radical (unpaired) electrons. The molecule has 4 nitrogen and oxygen atoms in total. The Morgan fingerprint density at radius 1 is 1.21 bits per heavy atom. The molecule has 0 heterocycles. The number of esters is 1. The van der Waals surface area contributed by atoms with Gasteiger partial charge in [0.05, 0.1) is 19.3 Å². The van der Waals surface area contributed by atoms with E-state index in [-0.39, 0.29) is 18.0 Å². The fourth-order valence-corrected chi connectivity index (χ4v) is 2.86. The highest BCUT2D eigenvalue weighted by molar-refractivity contribution is 5.81. The van der Waals surface area contributed by atoms with Gasteiger partial charge in [0.1, 0.15) is 5.54 Å². The number of hydrogen-bond donors (Lipinski definition) is 1. The molecule has 2 aliphatic carbocycles. The van der Waals surface area contributed by atoms with Crippen LogP contribution in [0.15, 0.2) is 0 Å². The third-order valence-electron chi connectivity index (χ3n) is 4.48. The molecule has 0 saturated heterocycles. The fraction of sp³-hybridized carbons (Fsp3) is 0.933. The van der Waals surface area contributed by atoms with Crippen molar-refractivity contribution in [2.45, 2.75) is 64.0 Å². The summed E-state index contributed by atoms with van der Waals surface area (Å²) < 4.78 is 11.1. The molecule has 1 unspecified atom stereocenters. The molecule has 0 aromatic heterocycles. The molecular formula is C15H27NO3. The van der Waals surface area contributed by atoms with Gasteiger partial charge in [-0.25, -0.2) is 4.79 Å². The van der Waals surface area contributed by atoms with E-state index < -0.39 is 5.54 Å². The van der Waals surface area contributed by atoms with Gasteiger partial charge in [-0.05, 0) is 57.3 Å². The van der Waals surface area contributed by atoms with Crippen molar-refractivity contribution in [2.75, 3.05) is 13.2 Å². The van der Waals surface area contributed by atoms with Crippen molar-refractivity contribution >= 4 is 5.97 Å². The van der Waals surface area contributed by atoms with Crippen molar-refractivity contribution in [3.63, 3.8) is 0 Å². The fourth-order valence-electron chi connectivity index (χ4n) is 2.86. The molecule has 2 rings (SSSR count).